The number of fused-ring (bicyclic) bond motifs is 1. The maximum atomic E-state index is 6.27. The monoisotopic (exact) mass is 431 g/mol. The van der Waals surface area contributed by atoms with Crippen LogP contribution in [0.3, 0.4) is 0 Å². The molecule has 0 unspecified atom stereocenters. The Hall–Kier alpha value is -2.54. The summed E-state index contributed by atoms with van der Waals surface area (Å²) in [5.41, 5.74) is 3.29. The molecule has 0 atom stereocenters. The van der Waals surface area contributed by atoms with Crippen LogP contribution in [0.5, 0.6) is 11.5 Å². The number of imidazole rings is 1. The highest BCUT2D eigenvalue weighted by atomic mass is 35.5. The van der Waals surface area contributed by atoms with E-state index in [2.05, 4.69) is 28.8 Å². The Morgan fingerprint density at radius 3 is 2.67 bits per heavy atom. The van der Waals surface area contributed by atoms with Crippen LogP contribution in [-0.2, 0) is 0 Å². The van der Waals surface area contributed by atoms with Crippen molar-refractivity contribution in [1.82, 2.24) is 19.5 Å². The number of hydrogen-bond donors (Lipinski definition) is 1. The summed E-state index contributed by atoms with van der Waals surface area (Å²) in [6.07, 6.45) is 6.67. The summed E-state index contributed by atoms with van der Waals surface area (Å²) < 4.78 is 13.8. The van der Waals surface area contributed by atoms with E-state index in [1.54, 1.807) is 13.4 Å². The van der Waals surface area contributed by atoms with Gasteiger partial charge in [0.1, 0.15) is 17.7 Å². The zero-order valence-electron chi connectivity index (χ0n) is 18.0. The Kier molecular flexibility index (Phi) is 7.02. The maximum absolute atomic E-state index is 6.27. The summed E-state index contributed by atoms with van der Waals surface area (Å²) in [7, 11) is 1.67. The molecule has 1 N–H and O–H groups in total. The number of ether oxygens (including phenoxy) is 2. The number of nitrogens with one attached hydrogen (secondary N) is 1. The van der Waals surface area contributed by atoms with E-state index in [0.29, 0.717) is 12.0 Å². The van der Waals surface area contributed by atoms with Crippen LogP contribution in [0, 0.1) is 0 Å². The Morgan fingerprint density at radius 1 is 1.23 bits per heavy atom. The van der Waals surface area contributed by atoms with Crippen molar-refractivity contribution in [3.63, 3.8) is 0 Å². The molecule has 2 aromatic heterocycles. The second-order valence-corrected chi connectivity index (χ2v) is 7.75. The van der Waals surface area contributed by atoms with E-state index >= 15 is 0 Å². The summed E-state index contributed by atoms with van der Waals surface area (Å²) >= 11 is 0. The lowest BCUT2D eigenvalue weighted by Crippen LogP contribution is -2.14. The van der Waals surface area contributed by atoms with Crippen molar-refractivity contribution in [2.45, 2.75) is 58.5 Å². The first-order chi connectivity index (χ1) is 14.1. The maximum Gasteiger partial charge on any atom is 0.176 e. The number of hydrogen-bond acceptors (Lipinski definition) is 5. The molecule has 1 fully saturated rings. The molecule has 1 aliphatic rings. The lowest BCUT2D eigenvalue weighted by Gasteiger charge is -2.17. The zero-order valence-corrected chi connectivity index (χ0v) is 18.8. The van der Waals surface area contributed by atoms with Crippen molar-refractivity contribution in [2.24, 2.45) is 4.99 Å². The van der Waals surface area contributed by atoms with Crippen LogP contribution in [0.25, 0.3) is 16.9 Å². The number of rotatable bonds is 6. The lowest BCUT2D eigenvalue weighted by atomic mass is 10.2. The molecule has 2 heterocycles. The van der Waals surface area contributed by atoms with Crippen LogP contribution in [0.15, 0.2) is 29.5 Å². The van der Waals surface area contributed by atoms with Gasteiger partial charge in [-0.25, -0.2) is 9.97 Å². The average molecular weight is 432 g/mol. The molecule has 8 heteroatoms. The Labute approximate surface area is 183 Å². The standard InChI is InChI=1S/C22H29N5O2.ClH/c1-5-23-21-19-22(26-20(25-19)14(2)3)27(13-24-21)15-10-11-17(28-4)18(12-15)29-16-8-6-7-9-16;/h10-14,16H,5-9H2,1-4H3,(H,25,26);1H. The van der Waals surface area contributed by atoms with Gasteiger partial charge in [0.05, 0.1) is 18.9 Å². The molecule has 0 amide bonds. The van der Waals surface area contributed by atoms with Gasteiger partial charge < -0.3 is 14.5 Å². The number of methoxy groups -OCH3 is 1. The minimum Gasteiger partial charge on any atom is -0.493 e. The molecule has 0 radical (unpaired) electrons. The highest BCUT2D eigenvalue weighted by Gasteiger charge is 2.20. The van der Waals surface area contributed by atoms with E-state index in [-0.39, 0.29) is 24.4 Å². The molecule has 1 aliphatic carbocycles. The second kappa shape index (κ2) is 9.51. The van der Waals surface area contributed by atoms with Crippen LogP contribution in [-0.4, -0.2) is 39.3 Å². The first kappa shape index (κ1) is 22.2. The summed E-state index contributed by atoms with van der Waals surface area (Å²) in [6, 6.07) is 5.96. The first-order valence-electron chi connectivity index (χ1n) is 10.4. The third-order valence-electron chi connectivity index (χ3n) is 5.33. The van der Waals surface area contributed by atoms with E-state index < -0.39 is 0 Å². The summed E-state index contributed by atoms with van der Waals surface area (Å²) in [4.78, 5) is 17.3. The van der Waals surface area contributed by atoms with Gasteiger partial charge in [0, 0.05) is 18.5 Å². The zero-order chi connectivity index (χ0) is 20.4. The Bertz CT molecular complexity index is 1070. The molecule has 3 aromatic rings. The Balaban J connectivity index is 0.00000256. The van der Waals surface area contributed by atoms with Crippen LogP contribution in [0.4, 0.5) is 0 Å². The number of aromatic nitrogens is 4. The molecule has 30 heavy (non-hydrogen) atoms. The van der Waals surface area contributed by atoms with Crippen LogP contribution in [0.1, 0.15) is 58.2 Å². The molecular formula is C22H30ClN5O2. The smallest absolute Gasteiger partial charge is 0.176 e. The van der Waals surface area contributed by atoms with Crippen molar-refractivity contribution in [3.8, 4) is 17.2 Å². The third kappa shape index (κ3) is 4.31. The van der Waals surface area contributed by atoms with E-state index in [9.17, 15) is 0 Å². The number of nitrogens with zero attached hydrogens (tertiary/aromatic N) is 4. The van der Waals surface area contributed by atoms with Crippen molar-refractivity contribution < 1.29 is 9.47 Å². The van der Waals surface area contributed by atoms with Crippen LogP contribution < -0.4 is 15.0 Å². The number of H-pyrrole nitrogens is 1. The van der Waals surface area contributed by atoms with Gasteiger partial charge >= 0.3 is 0 Å². The predicted octanol–water partition coefficient (Wildman–Crippen LogP) is 4.54. The fourth-order valence-corrected chi connectivity index (χ4v) is 3.77. The van der Waals surface area contributed by atoms with E-state index in [1.807, 2.05) is 29.7 Å². The SMILES string of the molecule is CCN=c1ncn(-c2ccc(OC)c(OC3CCCC3)c2)c2nc(C(C)C)[nH]c12.Cl. The summed E-state index contributed by atoms with van der Waals surface area (Å²) in [5.74, 6) is 2.71. The molecule has 0 aliphatic heterocycles. The van der Waals surface area contributed by atoms with Gasteiger partial charge in [-0.15, -0.1) is 12.4 Å². The molecule has 0 saturated heterocycles. The van der Waals surface area contributed by atoms with Gasteiger partial charge in [0.25, 0.3) is 0 Å². The van der Waals surface area contributed by atoms with Crippen molar-refractivity contribution in [3.05, 3.63) is 35.8 Å². The van der Waals surface area contributed by atoms with E-state index in [0.717, 1.165) is 47.0 Å². The molecule has 0 bridgehead atoms. The first-order valence-corrected chi connectivity index (χ1v) is 10.4. The topological polar surface area (TPSA) is 77.3 Å². The molecule has 7 nitrogen and oxygen atoms in total. The average Bonchev–Trinajstić information content (AvgIpc) is 3.38. The molecular weight excluding hydrogens is 402 g/mol. The molecule has 1 saturated carbocycles. The minimum absolute atomic E-state index is 0. The van der Waals surface area contributed by atoms with Crippen molar-refractivity contribution in [1.29, 1.82) is 0 Å². The highest BCUT2D eigenvalue weighted by molar-refractivity contribution is 5.85. The summed E-state index contributed by atoms with van der Waals surface area (Å²) in [6.45, 7) is 6.91. The second-order valence-electron chi connectivity index (χ2n) is 7.75. The predicted molar refractivity (Wildman–Crippen MR) is 120 cm³/mol. The molecule has 0 spiro atoms. The molecule has 4 rings (SSSR count). The van der Waals surface area contributed by atoms with Crippen LogP contribution >= 0.6 is 12.4 Å². The summed E-state index contributed by atoms with van der Waals surface area (Å²) in [5, 5.41) is 0. The molecule has 1 aromatic carbocycles. The number of aromatic amines is 1. The van der Waals surface area contributed by atoms with Gasteiger partial charge in [-0.1, -0.05) is 13.8 Å². The quantitative estimate of drug-likeness (QED) is 0.621. The number of halogens is 1. The minimum atomic E-state index is 0. The van der Waals surface area contributed by atoms with E-state index in [4.69, 9.17) is 14.5 Å². The van der Waals surface area contributed by atoms with Gasteiger partial charge in [-0.05, 0) is 44.7 Å². The Morgan fingerprint density at radius 2 is 2.00 bits per heavy atom. The van der Waals surface area contributed by atoms with Gasteiger partial charge in [-0.3, -0.25) is 9.56 Å². The third-order valence-corrected chi connectivity index (χ3v) is 5.33. The van der Waals surface area contributed by atoms with Gasteiger partial charge in [-0.2, -0.15) is 0 Å². The normalized spacial score (nSPS) is 15.0. The van der Waals surface area contributed by atoms with Gasteiger partial charge in [0.2, 0.25) is 0 Å². The highest BCUT2D eigenvalue weighted by Crippen LogP contribution is 2.33. The lowest BCUT2D eigenvalue weighted by molar-refractivity contribution is 0.201. The van der Waals surface area contributed by atoms with Crippen LogP contribution in [0.2, 0.25) is 0 Å². The number of benzene rings is 1. The van der Waals surface area contributed by atoms with Crippen molar-refractivity contribution >= 4 is 23.6 Å². The van der Waals surface area contributed by atoms with Crippen molar-refractivity contribution in [2.75, 3.05) is 13.7 Å². The molecule has 162 valence electrons. The fourth-order valence-electron chi connectivity index (χ4n) is 3.77. The van der Waals surface area contributed by atoms with Gasteiger partial charge in [0.15, 0.2) is 22.6 Å². The fraction of sp³-hybridized carbons (Fsp3) is 0.500. The van der Waals surface area contributed by atoms with E-state index in [1.165, 1.54) is 12.8 Å². The largest absolute Gasteiger partial charge is 0.493 e.